The first-order chi connectivity index (χ1) is 18.0. The van der Waals surface area contributed by atoms with Crippen molar-refractivity contribution in [2.24, 2.45) is 0 Å². The lowest BCUT2D eigenvalue weighted by Gasteiger charge is -2.50. The molecule has 0 unspecified atom stereocenters. The number of hydrogen-bond donors (Lipinski definition) is 0. The Labute approximate surface area is 230 Å². The maximum absolute atomic E-state index is 6.23. The van der Waals surface area contributed by atoms with E-state index in [9.17, 15) is 0 Å². The fourth-order valence-corrected chi connectivity index (χ4v) is 5.98. The van der Waals surface area contributed by atoms with Crippen molar-refractivity contribution in [2.75, 3.05) is 44.7 Å². The van der Waals surface area contributed by atoms with Gasteiger partial charge in [-0.3, -0.25) is 9.80 Å². The van der Waals surface area contributed by atoms with Crippen LogP contribution in [0.3, 0.4) is 0 Å². The van der Waals surface area contributed by atoms with Gasteiger partial charge in [0, 0.05) is 60.5 Å². The van der Waals surface area contributed by atoms with Crippen molar-refractivity contribution >= 4 is 29.0 Å². The summed E-state index contributed by atoms with van der Waals surface area (Å²) in [6.45, 7) is 5.42. The highest BCUT2D eigenvalue weighted by molar-refractivity contribution is 6.31. The van der Waals surface area contributed by atoms with Gasteiger partial charge >= 0.3 is 0 Å². The van der Waals surface area contributed by atoms with Crippen molar-refractivity contribution in [3.8, 4) is 0 Å². The fourth-order valence-electron chi connectivity index (χ4n) is 5.70. The molecule has 0 amide bonds. The van der Waals surface area contributed by atoms with Gasteiger partial charge < -0.3 is 9.64 Å². The van der Waals surface area contributed by atoms with Gasteiger partial charge in [-0.2, -0.15) is 0 Å². The zero-order valence-corrected chi connectivity index (χ0v) is 23.0. The van der Waals surface area contributed by atoms with Crippen molar-refractivity contribution in [3.05, 3.63) is 94.1 Å². The smallest absolute Gasteiger partial charge is 0.129 e. The van der Waals surface area contributed by atoms with Gasteiger partial charge in [0.15, 0.2) is 0 Å². The molecule has 0 saturated carbocycles. The van der Waals surface area contributed by atoms with Crippen LogP contribution in [-0.4, -0.2) is 72.7 Å². The summed E-state index contributed by atoms with van der Waals surface area (Å²) >= 11 is 12.4. The monoisotopic (exact) mass is 538 g/mol. The van der Waals surface area contributed by atoms with Crippen LogP contribution in [0.15, 0.2) is 72.9 Å². The lowest BCUT2D eigenvalue weighted by molar-refractivity contribution is -0.0295. The second-order valence-corrected chi connectivity index (χ2v) is 11.2. The molecule has 2 aliphatic heterocycles. The number of piperazine rings is 1. The van der Waals surface area contributed by atoms with Crippen LogP contribution in [0.1, 0.15) is 24.0 Å². The Kier molecular flexibility index (Phi) is 9.01. The minimum absolute atomic E-state index is 0.373. The molecule has 2 saturated heterocycles. The molecule has 3 aromatic rings. The van der Waals surface area contributed by atoms with Crippen LogP contribution in [0.2, 0.25) is 10.0 Å². The largest absolute Gasteiger partial charge is 0.375 e. The molecule has 0 aliphatic carbocycles. The number of hydrogen-bond acceptors (Lipinski definition) is 5. The molecule has 0 N–H and O–H groups in total. The van der Waals surface area contributed by atoms with Crippen LogP contribution < -0.4 is 4.90 Å². The Hall–Kier alpha value is -2.15. The third-order valence-corrected chi connectivity index (χ3v) is 8.27. The molecule has 0 bridgehead atoms. The minimum atomic E-state index is 0.373. The van der Waals surface area contributed by atoms with E-state index in [1.54, 1.807) is 6.20 Å². The number of halogens is 2. The van der Waals surface area contributed by atoms with Crippen LogP contribution >= 0.6 is 23.2 Å². The third kappa shape index (κ3) is 7.04. The summed E-state index contributed by atoms with van der Waals surface area (Å²) in [4.78, 5) is 12.2. The van der Waals surface area contributed by atoms with E-state index in [4.69, 9.17) is 27.9 Å². The molecule has 2 aromatic carbocycles. The van der Waals surface area contributed by atoms with Gasteiger partial charge in [0.1, 0.15) is 5.82 Å². The number of ether oxygens (including phenoxy) is 1. The number of piperidine rings is 1. The standard InChI is InChI=1S/C30H36Cl2N4O/c1-34-19-28(17-23-7-9-25(31)10-8-23)36(20-29(34)22-37-21-24-5-3-2-4-6-24)27-12-15-35(16-13-27)30-18-26(32)11-14-33-30/h2-11,14,18,27-29H,12-13,15-17,19-22H2,1H3/t28-,29+/m0/s1. The van der Waals surface area contributed by atoms with Crippen molar-refractivity contribution in [1.29, 1.82) is 0 Å². The predicted octanol–water partition coefficient (Wildman–Crippen LogP) is 5.80. The minimum Gasteiger partial charge on any atom is -0.375 e. The van der Waals surface area contributed by atoms with Gasteiger partial charge in [-0.1, -0.05) is 65.7 Å². The summed E-state index contributed by atoms with van der Waals surface area (Å²) in [6, 6.07) is 24.0. The first-order valence-corrected chi connectivity index (χ1v) is 14.0. The molecule has 2 fully saturated rings. The highest BCUT2D eigenvalue weighted by Gasteiger charge is 2.37. The molecule has 37 heavy (non-hydrogen) atoms. The first-order valence-electron chi connectivity index (χ1n) is 13.2. The molecular formula is C30H36Cl2N4O. The van der Waals surface area contributed by atoms with E-state index in [-0.39, 0.29) is 0 Å². The number of rotatable bonds is 8. The number of aromatic nitrogens is 1. The summed E-state index contributed by atoms with van der Waals surface area (Å²) in [5, 5.41) is 1.53. The van der Waals surface area contributed by atoms with Gasteiger partial charge in [-0.25, -0.2) is 4.98 Å². The molecule has 196 valence electrons. The van der Waals surface area contributed by atoms with Crippen molar-refractivity contribution in [1.82, 2.24) is 14.8 Å². The first kappa shape index (κ1) is 26.5. The highest BCUT2D eigenvalue weighted by atomic mass is 35.5. The summed E-state index contributed by atoms with van der Waals surface area (Å²) < 4.78 is 6.21. The molecule has 5 rings (SSSR count). The van der Waals surface area contributed by atoms with E-state index in [2.05, 4.69) is 63.1 Å². The molecule has 0 spiro atoms. The van der Waals surface area contributed by atoms with Gasteiger partial charge in [0.25, 0.3) is 0 Å². The molecule has 2 aliphatic rings. The van der Waals surface area contributed by atoms with Crippen LogP contribution in [0.25, 0.3) is 0 Å². The zero-order chi connectivity index (χ0) is 25.6. The number of pyridine rings is 1. The van der Waals surface area contributed by atoms with E-state index < -0.39 is 0 Å². The van der Waals surface area contributed by atoms with Crippen LogP contribution in [-0.2, 0) is 17.8 Å². The average molecular weight is 540 g/mol. The van der Waals surface area contributed by atoms with Crippen molar-refractivity contribution in [3.63, 3.8) is 0 Å². The number of benzene rings is 2. The quantitative estimate of drug-likeness (QED) is 0.361. The lowest BCUT2D eigenvalue weighted by atomic mass is 9.94. The SMILES string of the molecule is CN1C[C@H](Cc2ccc(Cl)cc2)N(C2CCN(c3cc(Cl)ccn3)CC2)C[C@@H]1COCc1ccccc1. The Morgan fingerprint density at radius 1 is 0.865 bits per heavy atom. The Balaban J connectivity index is 1.25. The van der Waals surface area contributed by atoms with Gasteiger partial charge in [-0.05, 0) is 61.7 Å². The van der Waals surface area contributed by atoms with Crippen LogP contribution in [0, 0.1) is 0 Å². The van der Waals surface area contributed by atoms with Gasteiger partial charge in [0.2, 0.25) is 0 Å². The normalized spacial score (nSPS) is 21.9. The maximum Gasteiger partial charge on any atom is 0.129 e. The van der Waals surface area contributed by atoms with E-state index in [0.717, 1.165) is 67.9 Å². The average Bonchev–Trinajstić information content (AvgIpc) is 2.92. The Morgan fingerprint density at radius 3 is 2.35 bits per heavy atom. The maximum atomic E-state index is 6.23. The second-order valence-electron chi connectivity index (χ2n) is 10.3. The second kappa shape index (κ2) is 12.6. The zero-order valence-electron chi connectivity index (χ0n) is 21.5. The van der Waals surface area contributed by atoms with E-state index in [1.165, 1.54) is 11.1 Å². The summed E-state index contributed by atoms with van der Waals surface area (Å²) in [5.74, 6) is 0.981. The van der Waals surface area contributed by atoms with E-state index >= 15 is 0 Å². The van der Waals surface area contributed by atoms with Crippen LogP contribution in [0.4, 0.5) is 5.82 Å². The molecule has 2 atom stereocenters. The van der Waals surface area contributed by atoms with Crippen molar-refractivity contribution < 1.29 is 4.74 Å². The molecule has 0 radical (unpaired) electrons. The number of nitrogens with zero attached hydrogens (tertiary/aromatic N) is 4. The number of anilines is 1. The predicted molar refractivity (Wildman–Crippen MR) is 153 cm³/mol. The third-order valence-electron chi connectivity index (χ3n) is 7.78. The number of likely N-dealkylation sites (N-methyl/N-ethyl adjacent to an activating group) is 1. The molecule has 1 aromatic heterocycles. The topological polar surface area (TPSA) is 31.8 Å². The highest BCUT2D eigenvalue weighted by Crippen LogP contribution is 2.28. The summed E-state index contributed by atoms with van der Waals surface area (Å²) in [7, 11) is 2.25. The lowest BCUT2D eigenvalue weighted by Crippen LogP contribution is -2.62. The van der Waals surface area contributed by atoms with Crippen molar-refractivity contribution in [2.45, 2.75) is 44.0 Å². The molecule has 5 nitrogen and oxygen atoms in total. The Bertz CT molecular complexity index is 1120. The molecular weight excluding hydrogens is 503 g/mol. The Morgan fingerprint density at radius 2 is 1.62 bits per heavy atom. The summed E-state index contributed by atoms with van der Waals surface area (Å²) in [6.07, 6.45) is 5.06. The van der Waals surface area contributed by atoms with Gasteiger partial charge in [0.05, 0.1) is 13.2 Å². The van der Waals surface area contributed by atoms with Gasteiger partial charge in [-0.15, -0.1) is 0 Å². The van der Waals surface area contributed by atoms with E-state index in [0.29, 0.717) is 24.7 Å². The fraction of sp³-hybridized carbons (Fsp3) is 0.433. The van der Waals surface area contributed by atoms with Crippen LogP contribution in [0.5, 0.6) is 0 Å². The summed E-state index contributed by atoms with van der Waals surface area (Å²) in [5.41, 5.74) is 2.56. The molecule has 3 heterocycles. The van der Waals surface area contributed by atoms with E-state index in [1.807, 2.05) is 30.3 Å². The molecule has 7 heteroatoms.